The summed E-state index contributed by atoms with van der Waals surface area (Å²) in [7, 11) is 0. The van der Waals surface area contributed by atoms with Crippen molar-refractivity contribution in [1.82, 2.24) is 4.90 Å². The van der Waals surface area contributed by atoms with E-state index in [0.717, 1.165) is 68.3 Å². The first-order valence-electron chi connectivity index (χ1n) is 12.3. The fourth-order valence-electron chi connectivity index (χ4n) is 5.26. The molecule has 3 aliphatic rings. The molecular formula is C27H29N3O5. The first-order chi connectivity index (χ1) is 17.2. The van der Waals surface area contributed by atoms with Gasteiger partial charge in [0.25, 0.3) is 10.9 Å². The molecule has 0 radical (unpaired) electrons. The fourth-order valence-corrected chi connectivity index (χ4v) is 5.26. The van der Waals surface area contributed by atoms with Crippen molar-refractivity contribution in [2.75, 3.05) is 56.3 Å². The van der Waals surface area contributed by atoms with E-state index in [1.54, 1.807) is 0 Å². The Hall–Kier alpha value is -3.52. The Kier molecular flexibility index (Phi) is 5.82. The van der Waals surface area contributed by atoms with Crippen LogP contribution in [0, 0.1) is 5.92 Å². The SMILES string of the molecule is O=c1c(NCCN2CCC(COc3ccccc3)CC2)c(N2CCc3cc4c(cc32)OCO4)c1=O. The molecule has 0 aliphatic carbocycles. The summed E-state index contributed by atoms with van der Waals surface area (Å²) in [5.41, 5.74) is 2.09. The molecule has 3 aromatic carbocycles. The molecule has 1 saturated heterocycles. The van der Waals surface area contributed by atoms with E-state index in [9.17, 15) is 9.59 Å². The number of benzene rings is 2. The molecule has 3 heterocycles. The molecule has 3 aromatic rings. The summed E-state index contributed by atoms with van der Waals surface area (Å²) in [5, 5.41) is 3.26. The van der Waals surface area contributed by atoms with Crippen LogP contribution in [0.15, 0.2) is 52.1 Å². The Morgan fingerprint density at radius 1 is 0.971 bits per heavy atom. The molecule has 8 nitrogen and oxygen atoms in total. The third kappa shape index (κ3) is 4.23. The lowest BCUT2D eigenvalue weighted by atomic mass is 9.98. The van der Waals surface area contributed by atoms with Gasteiger partial charge >= 0.3 is 0 Å². The van der Waals surface area contributed by atoms with Crippen LogP contribution >= 0.6 is 0 Å². The molecule has 0 unspecified atom stereocenters. The molecule has 8 heteroatoms. The molecule has 0 bridgehead atoms. The lowest BCUT2D eigenvalue weighted by molar-refractivity contribution is 0.144. The summed E-state index contributed by atoms with van der Waals surface area (Å²) in [4.78, 5) is 29.2. The predicted octanol–water partition coefficient (Wildman–Crippen LogP) is 2.91. The highest BCUT2D eigenvalue weighted by Crippen LogP contribution is 2.44. The van der Waals surface area contributed by atoms with E-state index >= 15 is 0 Å². The van der Waals surface area contributed by atoms with Crippen LogP contribution in [0.5, 0.6) is 17.2 Å². The summed E-state index contributed by atoms with van der Waals surface area (Å²) >= 11 is 0. The Labute approximate surface area is 203 Å². The normalized spacial score (nSPS) is 17.7. The molecule has 35 heavy (non-hydrogen) atoms. The van der Waals surface area contributed by atoms with Gasteiger partial charge in [-0.1, -0.05) is 18.2 Å². The van der Waals surface area contributed by atoms with Gasteiger partial charge in [-0.25, -0.2) is 0 Å². The molecule has 1 N–H and O–H groups in total. The maximum absolute atomic E-state index is 12.5. The summed E-state index contributed by atoms with van der Waals surface area (Å²) < 4.78 is 16.9. The minimum Gasteiger partial charge on any atom is -0.493 e. The van der Waals surface area contributed by atoms with E-state index in [1.807, 2.05) is 47.4 Å². The maximum atomic E-state index is 12.5. The van der Waals surface area contributed by atoms with Crippen molar-refractivity contribution >= 4 is 17.1 Å². The Balaban J connectivity index is 1.02. The highest BCUT2D eigenvalue weighted by atomic mass is 16.7. The Morgan fingerprint density at radius 2 is 1.74 bits per heavy atom. The van der Waals surface area contributed by atoms with Gasteiger partial charge in [0.05, 0.1) is 6.61 Å². The molecule has 0 aromatic heterocycles. The van der Waals surface area contributed by atoms with Crippen LogP contribution in [0.3, 0.4) is 0 Å². The third-order valence-corrected chi connectivity index (χ3v) is 7.29. The van der Waals surface area contributed by atoms with Gasteiger partial charge in [0.2, 0.25) is 6.79 Å². The highest BCUT2D eigenvalue weighted by molar-refractivity contribution is 5.84. The summed E-state index contributed by atoms with van der Waals surface area (Å²) in [6.45, 7) is 5.11. The fraction of sp³-hybridized carbons (Fsp3) is 0.407. The number of fused-ring (bicyclic) bond motifs is 2. The molecule has 0 spiro atoms. The lowest BCUT2D eigenvalue weighted by Gasteiger charge is -2.32. The predicted molar refractivity (Wildman–Crippen MR) is 134 cm³/mol. The van der Waals surface area contributed by atoms with Crippen LogP contribution in [-0.2, 0) is 6.42 Å². The molecule has 6 rings (SSSR count). The van der Waals surface area contributed by atoms with E-state index < -0.39 is 10.9 Å². The maximum Gasteiger partial charge on any atom is 0.253 e. The molecule has 0 saturated carbocycles. The van der Waals surface area contributed by atoms with Crippen LogP contribution < -0.4 is 35.3 Å². The smallest absolute Gasteiger partial charge is 0.253 e. The quantitative estimate of drug-likeness (QED) is 0.499. The van der Waals surface area contributed by atoms with Gasteiger partial charge in [-0.05, 0) is 62.0 Å². The zero-order valence-corrected chi connectivity index (χ0v) is 19.6. The first kappa shape index (κ1) is 22.0. The average molecular weight is 476 g/mol. The Bertz CT molecular complexity index is 1280. The molecule has 182 valence electrons. The lowest BCUT2D eigenvalue weighted by Crippen LogP contribution is -2.42. The Morgan fingerprint density at radius 3 is 2.54 bits per heavy atom. The molecule has 3 aliphatic heterocycles. The van der Waals surface area contributed by atoms with Gasteiger partial charge in [0, 0.05) is 31.4 Å². The number of hydrogen-bond donors (Lipinski definition) is 1. The van der Waals surface area contributed by atoms with E-state index in [1.165, 1.54) is 0 Å². The van der Waals surface area contributed by atoms with Crippen molar-refractivity contribution in [1.29, 1.82) is 0 Å². The van der Waals surface area contributed by atoms with Crippen molar-refractivity contribution in [3.8, 4) is 17.2 Å². The van der Waals surface area contributed by atoms with E-state index in [4.69, 9.17) is 14.2 Å². The van der Waals surface area contributed by atoms with Gasteiger partial charge < -0.3 is 29.3 Å². The highest BCUT2D eigenvalue weighted by Gasteiger charge is 2.33. The topological polar surface area (TPSA) is 80.3 Å². The number of rotatable bonds is 8. The molecule has 0 amide bonds. The monoisotopic (exact) mass is 475 g/mol. The number of para-hydroxylation sites is 1. The van der Waals surface area contributed by atoms with Crippen molar-refractivity contribution in [3.63, 3.8) is 0 Å². The van der Waals surface area contributed by atoms with Gasteiger partial charge in [-0.15, -0.1) is 0 Å². The van der Waals surface area contributed by atoms with Gasteiger partial charge in [-0.2, -0.15) is 0 Å². The summed E-state index contributed by atoms with van der Waals surface area (Å²) in [6, 6.07) is 13.8. The van der Waals surface area contributed by atoms with Crippen molar-refractivity contribution < 1.29 is 14.2 Å². The second kappa shape index (κ2) is 9.26. The van der Waals surface area contributed by atoms with E-state index in [2.05, 4.69) is 10.2 Å². The summed E-state index contributed by atoms with van der Waals surface area (Å²) in [5.74, 6) is 2.91. The third-order valence-electron chi connectivity index (χ3n) is 7.29. The van der Waals surface area contributed by atoms with Crippen LogP contribution in [0.25, 0.3) is 0 Å². The van der Waals surface area contributed by atoms with Crippen LogP contribution in [0.4, 0.5) is 17.1 Å². The average Bonchev–Trinajstić information content (AvgIpc) is 3.53. The number of likely N-dealkylation sites (tertiary alicyclic amines) is 1. The minimum absolute atomic E-state index is 0.211. The first-order valence-corrected chi connectivity index (χ1v) is 12.3. The second-order valence-corrected chi connectivity index (χ2v) is 9.45. The number of nitrogens with zero attached hydrogens (tertiary/aromatic N) is 2. The number of hydrogen-bond acceptors (Lipinski definition) is 8. The van der Waals surface area contributed by atoms with E-state index in [-0.39, 0.29) is 6.79 Å². The van der Waals surface area contributed by atoms with E-state index in [0.29, 0.717) is 36.1 Å². The van der Waals surface area contributed by atoms with Gasteiger partial charge in [0.1, 0.15) is 17.1 Å². The molecular weight excluding hydrogens is 446 g/mol. The number of piperidine rings is 1. The zero-order chi connectivity index (χ0) is 23.8. The summed E-state index contributed by atoms with van der Waals surface area (Å²) in [6.07, 6.45) is 2.99. The van der Waals surface area contributed by atoms with Crippen LogP contribution in [0.2, 0.25) is 0 Å². The van der Waals surface area contributed by atoms with Gasteiger partial charge in [-0.3, -0.25) is 9.59 Å². The van der Waals surface area contributed by atoms with Crippen molar-refractivity contribution in [3.05, 3.63) is 68.5 Å². The van der Waals surface area contributed by atoms with Crippen molar-refractivity contribution in [2.24, 2.45) is 5.92 Å². The molecule has 1 fully saturated rings. The zero-order valence-electron chi connectivity index (χ0n) is 19.6. The minimum atomic E-state index is -0.425. The number of anilines is 3. The van der Waals surface area contributed by atoms with Crippen LogP contribution in [-0.4, -0.2) is 51.0 Å². The number of ether oxygens (including phenoxy) is 3. The number of nitrogens with one attached hydrogen (secondary N) is 1. The van der Waals surface area contributed by atoms with Crippen molar-refractivity contribution in [2.45, 2.75) is 19.3 Å². The molecule has 0 atom stereocenters. The standard InChI is InChI=1S/C27H29N3O5/c31-26-24(25(27(26)32)30-12-8-19-14-22-23(15-21(19)30)35-17-34-22)28-9-13-29-10-6-18(7-11-29)16-33-20-4-2-1-3-5-20/h1-5,14-15,18,28H,6-13,16-17H2. The largest absolute Gasteiger partial charge is 0.493 e. The van der Waals surface area contributed by atoms with Gasteiger partial charge in [0.15, 0.2) is 11.5 Å². The van der Waals surface area contributed by atoms with Crippen LogP contribution in [0.1, 0.15) is 18.4 Å². The second-order valence-electron chi connectivity index (χ2n) is 9.45.